The highest BCUT2D eigenvalue weighted by Gasteiger charge is 2.33. The number of carbonyl (C=O) groups excluding carboxylic acids is 1. The molecule has 0 spiro atoms. The molecule has 0 unspecified atom stereocenters. The largest absolute Gasteiger partial charge is 0.489 e. The molecule has 3 aromatic carbocycles. The Morgan fingerprint density at radius 3 is 2.51 bits per heavy atom. The molecule has 35 heavy (non-hydrogen) atoms. The fourth-order valence-electron chi connectivity index (χ4n) is 4.06. The van der Waals surface area contributed by atoms with Gasteiger partial charge in [-0.15, -0.1) is 0 Å². The lowest BCUT2D eigenvalue weighted by Crippen LogP contribution is -2.34. The molecule has 176 valence electrons. The average Bonchev–Trinajstić information content (AvgIpc) is 3.35. The van der Waals surface area contributed by atoms with Gasteiger partial charge >= 0.3 is 0 Å². The number of ether oxygens (including phenoxy) is 1. The first-order chi connectivity index (χ1) is 17.1. The Morgan fingerprint density at radius 1 is 1.03 bits per heavy atom. The number of aromatic nitrogens is 3. The number of halogens is 1. The SMILES string of the molecule is CC1=C(C(=O)NCc2ccccc2)[C@H](c2ccc(OCc3ccc(Cl)cc3)cc2)n2ncnc2N1. The Balaban J connectivity index is 1.36. The summed E-state index contributed by atoms with van der Waals surface area (Å²) in [5.41, 5.74) is 4.29. The monoisotopic (exact) mass is 485 g/mol. The zero-order chi connectivity index (χ0) is 24.2. The number of benzene rings is 3. The molecule has 2 N–H and O–H groups in total. The molecule has 4 aromatic rings. The molecular weight excluding hydrogens is 462 g/mol. The van der Waals surface area contributed by atoms with Gasteiger partial charge in [-0.2, -0.15) is 10.1 Å². The number of fused-ring (bicyclic) bond motifs is 1. The lowest BCUT2D eigenvalue weighted by atomic mass is 9.95. The summed E-state index contributed by atoms with van der Waals surface area (Å²) in [5, 5.41) is 11.3. The van der Waals surface area contributed by atoms with E-state index in [2.05, 4.69) is 20.7 Å². The molecule has 1 atom stereocenters. The number of allylic oxidation sites excluding steroid dienone is 1. The highest BCUT2D eigenvalue weighted by molar-refractivity contribution is 6.30. The van der Waals surface area contributed by atoms with Crippen LogP contribution in [0.1, 0.15) is 29.7 Å². The molecule has 1 amide bonds. The molecule has 0 radical (unpaired) electrons. The summed E-state index contributed by atoms with van der Waals surface area (Å²) in [4.78, 5) is 17.6. The van der Waals surface area contributed by atoms with Crippen LogP contribution in [0.5, 0.6) is 5.75 Å². The molecule has 0 fully saturated rings. The van der Waals surface area contributed by atoms with E-state index in [1.807, 2.05) is 85.8 Å². The van der Waals surface area contributed by atoms with Gasteiger partial charge in [0.05, 0.1) is 5.57 Å². The zero-order valence-corrected chi connectivity index (χ0v) is 19.9. The maximum atomic E-state index is 13.3. The highest BCUT2D eigenvalue weighted by Crippen LogP contribution is 2.35. The van der Waals surface area contributed by atoms with Crippen molar-refractivity contribution in [3.63, 3.8) is 0 Å². The Kier molecular flexibility index (Phi) is 6.50. The van der Waals surface area contributed by atoms with E-state index >= 15 is 0 Å². The number of nitrogens with one attached hydrogen (secondary N) is 2. The van der Waals surface area contributed by atoms with E-state index in [4.69, 9.17) is 16.3 Å². The Bertz CT molecular complexity index is 1350. The smallest absolute Gasteiger partial charge is 0.251 e. The van der Waals surface area contributed by atoms with Crippen molar-refractivity contribution >= 4 is 23.5 Å². The number of hydrogen-bond donors (Lipinski definition) is 2. The van der Waals surface area contributed by atoms with Crippen LogP contribution in [0.3, 0.4) is 0 Å². The zero-order valence-electron chi connectivity index (χ0n) is 19.1. The van der Waals surface area contributed by atoms with Crippen molar-refractivity contribution in [3.8, 4) is 5.75 Å². The van der Waals surface area contributed by atoms with Gasteiger partial charge in [0.15, 0.2) is 0 Å². The first-order valence-corrected chi connectivity index (χ1v) is 11.6. The van der Waals surface area contributed by atoms with Gasteiger partial charge in [0.25, 0.3) is 5.91 Å². The van der Waals surface area contributed by atoms with E-state index in [1.54, 1.807) is 4.68 Å². The van der Waals surface area contributed by atoms with Crippen LogP contribution >= 0.6 is 11.6 Å². The van der Waals surface area contributed by atoms with Crippen LogP contribution in [0, 0.1) is 0 Å². The predicted octanol–water partition coefficient (Wildman–Crippen LogP) is 5.12. The molecule has 7 nitrogen and oxygen atoms in total. The van der Waals surface area contributed by atoms with E-state index in [-0.39, 0.29) is 5.91 Å². The molecule has 5 rings (SSSR count). The maximum Gasteiger partial charge on any atom is 0.251 e. The van der Waals surface area contributed by atoms with E-state index in [0.29, 0.717) is 29.7 Å². The van der Waals surface area contributed by atoms with Crippen LogP contribution in [-0.4, -0.2) is 20.7 Å². The number of amides is 1. The molecule has 1 aliphatic rings. The van der Waals surface area contributed by atoms with Gasteiger partial charge in [0.1, 0.15) is 24.7 Å². The number of nitrogens with zero attached hydrogens (tertiary/aromatic N) is 3. The van der Waals surface area contributed by atoms with Crippen molar-refractivity contribution in [2.24, 2.45) is 0 Å². The number of carbonyl (C=O) groups is 1. The molecule has 0 bridgehead atoms. The summed E-state index contributed by atoms with van der Waals surface area (Å²) in [6.07, 6.45) is 1.48. The third-order valence-corrected chi connectivity index (χ3v) is 6.10. The Labute approximate surface area is 208 Å². The average molecular weight is 486 g/mol. The minimum absolute atomic E-state index is 0.159. The molecule has 0 saturated heterocycles. The van der Waals surface area contributed by atoms with Crippen LogP contribution < -0.4 is 15.4 Å². The van der Waals surface area contributed by atoms with Crippen molar-refractivity contribution in [1.82, 2.24) is 20.1 Å². The van der Waals surface area contributed by atoms with Crippen molar-refractivity contribution in [2.75, 3.05) is 5.32 Å². The van der Waals surface area contributed by atoms with Crippen molar-refractivity contribution in [2.45, 2.75) is 26.1 Å². The lowest BCUT2D eigenvalue weighted by Gasteiger charge is -2.28. The van der Waals surface area contributed by atoms with E-state index in [0.717, 1.165) is 28.1 Å². The second-order valence-electron chi connectivity index (χ2n) is 8.25. The molecule has 8 heteroatoms. The molecular formula is C27H24ClN5O2. The lowest BCUT2D eigenvalue weighted by molar-refractivity contribution is -0.118. The number of rotatable bonds is 7. The van der Waals surface area contributed by atoms with Crippen LogP contribution in [-0.2, 0) is 17.9 Å². The third-order valence-electron chi connectivity index (χ3n) is 5.85. The Hall–Kier alpha value is -4.10. The van der Waals surface area contributed by atoms with Crippen LogP contribution in [0.15, 0.2) is 96.5 Å². The van der Waals surface area contributed by atoms with Gasteiger partial charge in [-0.1, -0.05) is 66.2 Å². The van der Waals surface area contributed by atoms with Crippen LogP contribution in [0.2, 0.25) is 5.02 Å². The summed E-state index contributed by atoms with van der Waals surface area (Å²) >= 11 is 5.95. The van der Waals surface area contributed by atoms with Crippen molar-refractivity contribution < 1.29 is 9.53 Å². The summed E-state index contributed by atoms with van der Waals surface area (Å²) in [6, 6.07) is 24.7. The molecule has 0 aliphatic carbocycles. The fourth-order valence-corrected chi connectivity index (χ4v) is 4.19. The minimum atomic E-state index is -0.421. The van der Waals surface area contributed by atoms with Gasteiger partial charge in [0.2, 0.25) is 5.95 Å². The summed E-state index contributed by atoms with van der Waals surface area (Å²) < 4.78 is 7.66. The van der Waals surface area contributed by atoms with Gasteiger partial charge in [0, 0.05) is 17.3 Å². The van der Waals surface area contributed by atoms with Gasteiger partial charge in [-0.05, 0) is 47.9 Å². The van der Waals surface area contributed by atoms with Gasteiger partial charge in [-0.25, -0.2) is 4.68 Å². The number of anilines is 1. The summed E-state index contributed by atoms with van der Waals surface area (Å²) in [7, 11) is 0. The maximum absolute atomic E-state index is 13.3. The second kappa shape index (κ2) is 10.0. The fraction of sp³-hybridized carbons (Fsp3) is 0.148. The molecule has 1 aromatic heterocycles. The van der Waals surface area contributed by atoms with Crippen LogP contribution in [0.4, 0.5) is 5.95 Å². The quantitative estimate of drug-likeness (QED) is 0.380. The topological polar surface area (TPSA) is 81.1 Å². The van der Waals surface area contributed by atoms with Gasteiger partial charge < -0.3 is 15.4 Å². The predicted molar refractivity (Wildman–Crippen MR) is 135 cm³/mol. The van der Waals surface area contributed by atoms with Crippen molar-refractivity contribution in [3.05, 3.63) is 118 Å². The van der Waals surface area contributed by atoms with Crippen molar-refractivity contribution in [1.29, 1.82) is 0 Å². The van der Waals surface area contributed by atoms with Crippen LogP contribution in [0.25, 0.3) is 0 Å². The van der Waals surface area contributed by atoms with Gasteiger partial charge in [-0.3, -0.25) is 4.79 Å². The normalized spacial score (nSPS) is 14.7. The van der Waals surface area contributed by atoms with E-state index in [1.165, 1.54) is 6.33 Å². The molecule has 0 saturated carbocycles. The Morgan fingerprint density at radius 2 is 1.77 bits per heavy atom. The van der Waals surface area contributed by atoms with E-state index < -0.39 is 6.04 Å². The van der Waals surface area contributed by atoms with E-state index in [9.17, 15) is 4.79 Å². The first kappa shape index (κ1) is 22.7. The summed E-state index contributed by atoms with van der Waals surface area (Å²) in [5.74, 6) is 1.16. The summed E-state index contributed by atoms with van der Waals surface area (Å²) in [6.45, 7) is 2.75. The minimum Gasteiger partial charge on any atom is -0.489 e. The number of hydrogen-bond acceptors (Lipinski definition) is 5. The highest BCUT2D eigenvalue weighted by atomic mass is 35.5. The first-order valence-electron chi connectivity index (χ1n) is 11.2. The second-order valence-corrected chi connectivity index (χ2v) is 8.68. The molecule has 1 aliphatic heterocycles. The molecule has 2 heterocycles. The third kappa shape index (κ3) is 5.05. The standard InChI is InChI=1S/C27H24ClN5O2/c1-18-24(26(34)29-15-19-5-3-2-4-6-19)25(33-27(32-18)30-17-31-33)21-9-13-23(14-10-21)35-16-20-7-11-22(28)12-8-20/h2-14,17,25H,15-16H2,1H3,(H,29,34)(H,30,31,32)/t25-/m0/s1.